The van der Waals surface area contributed by atoms with Crippen LogP contribution in [0.2, 0.25) is 0 Å². The zero-order chi connectivity index (χ0) is 22.4. The molecule has 0 fully saturated rings. The highest BCUT2D eigenvalue weighted by Crippen LogP contribution is 2.19. The second kappa shape index (κ2) is 9.90. The van der Waals surface area contributed by atoms with Crippen LogP contribution in [-0.2, 0) is 15.6 Å². The molecule has 0 aromatic heterocycles. The molecule has 0 aliphatic rings. The number of hydrogen-bond acceptors (Lipinski definition) is 4. The van der Waals surface area contributed by atoms with Crippen molar-refractivity contribution in [1.82, 2.24) is 10.2 Å². The minimum absolute atomic E-state index is 0.106. The fourth-order valence-corrected chi connectivity index (χ4v) is 4.68. The third kappa shape index (κ3) is 6.26. The SMILES string of the molecule is Cc1ccc(S(=O)(=O)Cc2ccc(C(=O)NC(CN(C)C)c3ccccc3)cc2)cc1. The molecule has 1 atom stereocenters. The molecule has 0 radical (unpaired) electrons. The van der Waals surface area contributed by atoms with Crippen LogP contribution in [0.3, 0.4) is 0 Å². The molecule has 5 nitrogen and oxygen atoms in total. The van der Waals surface area contributed by atoms with E-state index in [0.29, 0.717) is 22.6 Å². The summed E-state index contributed by atoms with van der Waals surface area (Å²) in [5.74, 6) is -0.297. The maximum atomic E-state index is 12.8. The van der Waals surface area contributed by atoms with Gasteiger partial charge in [0.05, 0.1) is 16.7 Å². The van der Waals surface area contributed by atoms with E-state index in [2.05, 4.69) is 5.32 Å². The molecule has 31 heavy (non-hydrogen) atoms. The monoisotopic (exact) mass is 436 g/mol. The van der Waals surface area contributed by atoms with Crippen molar-refractivity contribution in [1.29, 1.82) is 0 Å². The van der Waals surface area contributed by atoms with E-state index in [9.17, 15) is 13.2 Å². The van der Waals surface area contributed by atoms with Crippen LogP contribution in [0.4, 0.5) is 0 Å². The lowest BCUT2D eigenvalue weighted by Gasteiger charge is -2.23. The molecule has 0 saturated carbocycles. The smallest absolute Gasteiger partial charge is 0.251 e. The molecule has 3 rings (SSSR count). The van der Waals surface area contributed by atoms with Crippen LogP contribution in [0.25, 0.3) is 0 Å². The zero-order valence-electron chi connectivity index (χ0n) is 18.1. The largest absolute Gasteiger partial charge is 0.344 e. The Bertz CT molecular complexity index is 1110. The summed E-state index contributed by atoms with van der Waals surface area (Å²) in [6.45, 7) is 2.59. The van der Waals surface area contributed by atoms with Crippen molar-refractivity contribution in [3.05, 3.63) is 101 Å². The van der Waals surface area contributed by atoms with Crippen molar-refractivity contribution in [3.8, 4) is 0 Å². The number of rotatable bonds is 8. The highest BCUT2D eigenvalue weighted by atomic mass is 32.2. The van der Waals surface area contributed by atoms with Gasteiger partial charge in [0, 0.05) is 12.1 Å². The van der Waals surface area contributed by atoms with Crippen LogP contribution in [0, 0.1) is 6.92 Å². The highest BCUT2D eigenvalue weighted by Gasteiger charge is 2.18. The van der Waals surface area contributed by atoms with Crippen LogP contribution < -0.4 is 5.32 Å². The molecule has 0 aliphatic carbocycles. The van der Waals surface area contributed by atoms with E-state index in [1.54, 1.807) is 48.5 Å². The number of benzene rings is 3. The summed E-state index contributed by atoms with van der Waals surface area (Å²) in [6, 6.07) is 23.3. The summed E-state index contributed by atoms with van der Waals surface area (Å²) in [6.07, 6.45) is 0. The van der Waals surface area contributed by atoms with E-state index in [1.807, 2.05) is 56.3 Å². The third-order valence-corrected chi connectivity index (χ3v) is 6.71. The Morgan fingerprint density at radius 1 is 0.903 bits per heavy atom. The van der Waals surface area contributed by atoms with Crippen molar-refractivity contribution in [2.45, 2.75) is 23.6 Å². The average molecular weight is 437 g/mol. The molecular weight excluding hydrogens is 408 g/mol. The molecule has 0 aliphatic heterocycles. The number of likely N-dealkylation sites (N-methyl/N-ethyl adjacent to an activating group) is 1. The van der Waals surface area contributed by atoms with Gasteiger partial charge in [0.2, 0.25) is 0 Å². The van der Waals surface area contributed by atoms with Crippen molar-refractivity contribution in [2.24, 2.45) is 0 Å². The van der Waals surface area contributed by atoms with Crippen LogP contribution in [0.1, 0.15) is 33.1 Å². The predicted molar refractivity (Wildman–Crippen MR) is 124 cm³/mol. The number of sulfone groups is 1. The first-order valence-corrected chi connectivity index (χ1v) is 11.8. The standard InChI is InChI=1S/C25H28N2O3S/c1-19-9-15-23(16-10-19)31(29,30)18-20-11-13-22(14-12-20)25(28)26-24(17-27(2)3)21-7-5-4-6-8-21/h4-16,24H,17-18H2,1-3H3,(H,26,28). The van der Waals surface area contributed by atoms with Gasteiger partial charge in [0.25, 0.3) is 5.91 Å². The second-order valence-corrected chi connectivity index (χ2v) is 9.96. The van der Waals surface area contributed by atoms with E-state index in [1.165, 1.54) is 0 Å². The van der Waals surface area contributed by atoms with Gasteiger partial charge in [0.15, 0.2) is 9.84 Å². The van der Waals surface area contributed by atoms with Gasteiger partial charge in [0.1, 0.15) is 0 Å². The van der Waals surface area contributed by atoms with Crippen LogP contribution in [0.15, 0.2) is 83.8 Å². The van der Waals surface area contributed by atoms with Gasteiger partial charge < -0.3 is 10.2 Å². The van der Waals surface area contributed by atoms with Crippen molar-refractivity contribution in [3.63, 3.8) is 0 Å². The Hall–Kier alpha value is -2.96. The summed E-state index contributed by atoms with van der Waals surface area (Å²) in [5.41, 5.74) is 3.18. The summed E-state index contributed by atoms with van der Waals surface area (Å²) in [5, 5.41) is 3.08. The van der Waals surface area contributed by atoms with Crippen LogP contribution in [-0.4, -0.2) is 39.9 Å². The first-order valence-electron chi connectivity index (χ1n) is 10.1. The number of nitrogens with one attached hydrogen (secondary N) is 1. The zero-order valence-corrected chi connectivity index (χ0v) is 18.9. The highest BCUT2D eigenvalue weighted by molar-refractivity contribution is 7.90. The van der Waals surface area contributed by atoms with Gasteiger partial charge in [-0.1, -0.05) is 60.2 Å². The molecule has 1 amide bonds. The predicted octanol–water partition coefficient (Wildman–Crippen LogP) is 4.00. The molecule has 0 bridgehead atoms. The van der Waals surface area contributed by atoms with E-state index in [0.717, 1.165) is 11.1 Å². The Labute approximate surface area is 184 Å². The van der Waals surface area contributed by atoms with Gasteiger partial charge in [-0.3, -0.25) is 4.79 Å². The van der Waals surface area contributed by atoms with Gasteiger partial charge >= 0.3 is 0 Å². The number of carbonyl (C=O) groups excluding carboxylic acids is 1. The number of aryl methyl sites for hydroxylation is 1. The molecule has 0 heterocycles. The molecule has 3 aromatic carbocycles. The van der Waals surface area contributed by atoms with Crippen molar-refractivity contribution >= 4 is 15.7 Å². The molecule has 1 unspecified atom stereocenters. The number of amides is 1. The van der Waals surface area contributed by atoms with Crippen molar-refractivity contribution in [2.75, 3.05) is 20.6 Å². The van der Waals surface area contributed by atoms with Gasteiger partial charge in [-0.2, -0.15) is 0 Å². The van der Waals surface area contributed by atoms with Crippen molar-refractivity contribution < 1.29 is 13.2 Å². The molecular formula is C25H28N2O3S. The lowest BCUT2D eigenvalue weighted by Crippen LogP contribution is -2.35. The Kier molecular flexibility index (Phi) is 7.25. The number of carbonyl (C=O) groups is 1. The molecule has 3 aromatic rings. The summed E-state index contributed by atoms with van der Waals surface area (Å²) in [4.78, 5) is 15.1. The maximum absolute atomic E-state index is 12.8. The first kappa shape index (κ1) is 22.7. The lowest BCUT2D eigenvalue weighted by molar-refractivity contribution is 0.0930. The molecule has 1 N–H and O–H groups in total. The van der Waals surface area contributed by atoms with E-state index in [-0.39, 0.29) is 17.7 Å². The molecule has 162 valence electrons. The Morgan fingerprint density at radius 2 is 1.52 bits per heavy atom. The minimum atomic E-state index is -3.44. The van der Waals surface area contributed by atoms with E-state index < -0.39 is 9.84 Å². The second-order valence-electron chi connectivity index (χ2n) is 7.97. The fourth-order valence-electron chi connectivity index (χ4n) is 3.33. The van der Waals surface area contributed by atoms with Crippen LogP contribution in [0.5, 0.6) is 0 Å². The first-order chi connectivity index (χ1) is 14.7. The molecule has 0 saturated heterocycles. The summed E-state index contributed by atoms with van der Waals surface area (Å²) < 4.78 is 25.3. The van der Waals surface area contributed by atoms with E-state index >= 15 is 0 Å². The van der Waals surface area contributed by atoms with Crippen LogP contribution >= 0.6 is 0 Å². The average Bonchev–Trinajstić information content (AvgIpc) is 2.74. The maximum Gasteiger partial charge on any atom is 0.251 e. The summed E-state index contributed by atoms with van der Waals surface area (Å²) >= 11 is 0. The third-order valence-electron chi connectivity index (χ3n) is 5.01. The van der Waals surface area contributed by atoms with Gasteiger partial charge in [-0.15, -0.1) is 0 Å². The van der Waals surface area contributed by atoms with Gasteiger partial charge in [-0.25, -0.2) is 8.42 Å². The van der Waals surface area contributed by atoms with Gasteiger partial charge in [-0.05, 0) is 56.4 Å². The lowest BCUT2D eigenvalue weighted by atomic mass is 10.1. The number of hydrogen-bond donors (Lipinski definition) is 1. The van der Waals surface area contributed by atoms with E-state index in [4.69, 9.17) is 0 Å². The molecule has 0 spiro atoms. The number of nitrogens with zero attached hydrogens (tertiary/aromatic N) is 1. The quantitative estimate of drug-likeness (QED) is 0.580. The Morgan fingerprint density at radius 3 is 2.10 bits per heavy atom. The fraction of sp³-hybridized carbons (Fsp3) is 0.240. The molecule has 6 heteroatoms. The summed E-state index contributed by atoms with van der Waals surface area (Å²) in [7, 11) is 0.490. The topological polar surface area (TPSA) is 66.5 Å². The Balaban J connectivity index is 1.71. The minimum Gasteiger partial charge on any atom is -0.344 e. The normalized spacial score (nSPS) is 12.5.